The van der Waals surface area contributed by atoms with Crippen LogP contribution < -0.4 is 10.6 Å². The van der Waals surface area contributed by atoms with Crippen molar-refractivity contribution in [3.8, 4) is 0 Å². The van der Waals surface area contributed by atoms with E-state index in [1.54, 1.807) is 0 Å². The molecule has 136 valence electrons. The summed E-state index contributed by atoms with van der Waals surface area (Å²) in [6.45, 7) is 3.72. The highest BCUT2D eigenvalue weighted by atomic mass is 35.5. The summed E-state index contributed by atoms with van der Waals surface area (Å²) in [5.74, 6) is 0.704. The van der Waals surface area contributed by atoms with Gasteiger partial charge in [-0.05, 0) is 30.9 Å². The van der Waals surface area contributed by atoms with E-state index in [0.717, 1.165) is 38.2 Å². The van der Waals surface area contributed by atoms with Crippen LogP contribution in [0.1, 0.15) is 25.0 Å². The SMILES string of the molecule is Cl.c1ccc2nc(CCNC3CCCC3C3COCCN3)ccc2c1. The number of fused-ring (bicyclic) bond motifs is 1. The van der Waals surface area contributed by atoms with Gasteiger partial charge < -0.3 is 15.4 Å². The summed E-state index contributed by atoms with van der Waals surface area (Å²) >= 11 is 0. The summed E-state index contributed by atoms with van der Waals surface area (Å²) in [5.41, 5.74) is 2.27. The van der Waals surface area contributed by atoms with Gasteiger partial charge in [-0.15, -0.1) is 12.4 Å². The Morgan fingerprint density at radius 3 is 2.96 bits per heavy atom. The molecule has 0 spiro atoms. The molecule has 2 heterocycles. The Bertz CT molecular complexity index is 675. The van der Waals surface area contributed by atoms with Crippen molar-refractivity contribution in [2.75, 3.05) is 26.3 Å². The Morgan fingerprint density at radius 2 is 2.08 bits per heavy atom. The third-order valence-corrected chi connectivity index (χ3v) is 5.48. The zero-order valence-corrected chi connectivity index (χ0v) is 15.4. The van der Waals surface area contributed by atoms with Crippen molar-refractivity contribution in [2.45, 2.75) is 37.8 Å². The average molecular weight is 362 g/mol. The molecule has 3 unspecified atom stereocenters. The molecule has 1 aliphatic heterocycles. The predicted molar refractivity (Wildman–Crippen MR) is 104 cm³/mol. The van der Waals surface area contributed by atoms with Gasteiger partial charge in [-0.1, -0.05) is 30.7 Å². The smallest absolute Gasteiger partial charge is 0.0705 e. The third-order valence-electron chi connectivity index (χ3n) is 5.48. The van der Waals surface area contributed by atoms with Crippen molar-refractivity contribution >= 4 is 23.3 Å². The number of para-hydroxylation sites is 1. The number of aromatic nitrogens is 1. The molecule has 1 aliphatic carbocycles. The van der Waals surface area contributed by atoms with Crippen molar-refractivity contribution < 1.29 is 4.74 Å². The molecule has 2 fully saturated rings. The topological polar surface area (TPSA) is 46.2 Å². The molecule has 3 atom stereocenters. The quantitative estimate of drug-likeness (QED) is 0.859. The van der Waals surface area contributed by atoms with Gasteiger partial charge in [-0.25, -0.2) is 0 Å². The maximum Gasteiger partial charge on any atom is 0.0705 e. The summed E-state index contributed by atoms with van der Waals surface area (Å²) in [5, 5.41) is 8.65. The lowest BCUT2D eigenvalue weighted by atomic mass is 9.94. The number of hydrogen-bond donors (Lipinski definition) is 2. The highest BCUT2D eigenvalue weighted by molar-refractivity contribution is 5.85. The lowest BCUT2D eigenvalue weighted by molar-refractivity contribution is 0.0526. The van der Waals surface area contributed by atoms with E-state index in [-0.39, 0.29) is 12.4 Å². The van der Waals surface area contributed by atoms with Gasteiger partial charge in [0.25, 0.3) is 0 Å². The molecule has 0 bridgehead atoms. The standard InChI is InChI=1S/C20H27N3O.ClH/c1-2-6-18-15(4-1)8-9-16(23-18)10-11-21-19-7-3-5-17(19)20-14-24-13-12-22-20;/h1-2,4,6,8-9,17,19-22H,3,5,7,10-14H2;1H. The van der Waals surface area contributed by atoms with Crippen LogP contribution in [0.5, 0.6) is 0 Å². The number of morpholine rings is 1. The van der Waals surface area contributed by atoms with Crippen LogP contribution in [0.15, 0.2) is 36.4 Å². The summed E-state index contributed by atoms with van der Waals surface area (Å²) in [7, 11) is 0. The lowest BCUT2D eigenvalue weighted by Gasteiger charge is -2.33. The third kappa shape index (κ3) is 4.50. The van der Waals surface area contributed by atoms with Crippen LogP contribution >= 0.6 is 12.4 Å². The van der Waals surface area contributed by atoms with Gasteiger partial charge in [-0.2, -0.15) is 0 Å². The molecule has 2 aliphatic rings. The van der Waals surface area contributed by atoms with E-state index in [2.05, 4.69) is 47.0 Å². The van der Waals surface area contributed by atoms with Gasteiger partial charge in [0.15, 0.2) is 0 Å². The van der Waals surface area contributed by atoms with Crippen molar-refractivity contribution in [3.05, 3.63) is 42.1 Å². The van der Waals surface area contributed by atoms with Crippen LogP contribution in [0.3, 0.4) is 0 Å². The largest absolute Gasteiger partial charge is 0.379 e. The number of benzene rings is 1. The van der Waals surface area contributed by atoms with Crippen LogP contribution in [-0.4, -0.2) is 43.4 Å². The normalized spacial score (nSPS) is 26.5. The van der Waals surface area contributed by atoms with E-state index in [1.807, 2.05) is 0 Å². The molecule has 1 aromatic heterocycles. The lowest BCUT2D eigenvalue weighted by Crippen LogP contribution is -2.51. The van der Waals surface area contributed by atoms with Crippen LogP contribution in [0, 0.1) is 5.92 Å². The molecule has 2 N–H and O–H groups in total. The van der Waals surface area contributed by atoms with Gasteiger partial charge in [-0.3, -0.25) is 4.98 Å². The Kier molecular flexibility index (Phi) is 6.65. The van der Waals surface area contributed by atoms with Crippen LogP contribution in [0.2, 0.25) is 0 Å². The number of ether oxygens (including phenoxy) is 1. The fraction of sp³-hybridized carbons (Fsp3) is 0.550. The molecule has 0 amide bonds. The number of hydrogen-bond acceptors (Lipinski definition) is 4. The molecular formula is C20H28ClN3O. The first-order valence-corrected chi connectivity index (χ1v) is 9.29. The van der Waals surface area contributed by atoms with Crippen molar-refractivity contribution in [1.29, 1.82) is 0 Å². The Morgan fingerprint density at radius 1 is 1.16 bits per heavy atom. The monoisotopic (exact) mass is 361 g/mol. The Labute approximate surface area is 156 Å². The summed E-state index contributed by atoms with van der Waals surface area (Å²) in [6, 6.07) is 13.8. The molecule has 1 saturated carbocycles. The van der Waals surface area contributed by atoms with Gasteiger partial charge in [0.05, 0.1) is 18.7 Å². The molecule has 5 heteroatoms. The van der Waals surface area contributed by atoms with Crippen molar-refractivity contribution in [2.24, 2.45) is 5.92 Å². The zero-order chi connectivity index (χ0) is 16.2. The molecule has 4 rings (SSSR count). The van der Waals surface area contributed by atoms with E-state index in [9.17, 15) is 0 Å². The highest BCUT2D eigenvalue weighted by Crippen LogP contribution is 2.29. The van der Waals surface area contributed by atoms with Gasteiger partial charge in [0.1, 0.15) is 0 Å². The van der Waals surface area contributed by atoms with E-state index in [4.69, 9.17) is 9.72 Å². The van der Waals surface area contributed by atoms with Gasteiger partial charge in [0.2, 0.25) is 0 Å². The average Bonchev–Trinajstić information content (AvgIpc) is 3.11. The van der Waals surface area contributed by atoms with Crippen molar-refractivity contribution in [1.82, 2.24) is 15.6 Å². The molecule has 1 saturated heterocycles. The van der Waals surface area contributed by atoms with E-state index < -0.39 is 0 Å². The molecule has 2 aromatic rings. The summed E-state index contributed by atoms with van der Waals surface area (Å²) in [4.78, 5) is 4.78. The second kappa shape index (κ2) is 8.95. The zero-order valence-electron chi connectivity index (χ0n) is 14.6. The maximum atomic E-state index is 5.66. The number of nitrogens with zero attached hydrogens (tertiary/aromatic N) is 1. The first-order valence-electron chi connectivity index (χ1n) is 9.29. The molecule has 4 nitrogen and oxygen atoms in total. The predicted octanol–water partition coefficient (Wildman–Crippen LogP) is 2.95. The minimum absolute atomic E-state index is 0. The second-order valence-corrected chi connectivity index (χ2v) is 7.04. The second-order valence-electron chi connectivity index (χ2n) is 7.04. The number of pyridine rings is 1. The van der Waals surface area contributed by atoms with Crippen LogP contribution in [0.25, 0.3) is 10.9 Å². The fourth-order valence-electron chi connectivity index (χ4n) is 4.22. The molecule has 25 heavy (non-hydrogen) atoms. The minimum Gasteiger partial charge on any atom is -0.379 e. The molecular weight excluding hydrogens is 334 g/mol. The number of rotatable bonds is 5. The van der Waals surface area contributed by atoms with Crippen molar-refractivity contribution in [3.63, 3.8) is 0 Å². The van der Waals surface area contributed by atoms with E-state index >= 15 is 0 Å². The van der Waals surface area contributed by atoms with Gasteiger partial charge in [0, 0.05) is 42.7 Å². The Hall–Kier alpha value is -1.20. The van der Waals surface area contributed by atoms with Crippen LogP contribution in [-0.2, 0) is 11.2 Å². The summed E-state index contributed by atoms with van der Waals surface area (Å²) in [6.07, 6.45) is 4.91. The van der Waals surface area contributed by atoms with Crippen LogP contribution in [0.4, 0.5) is 0 Å². The van der Waals surface area contributed by atoms with E-state index in [0.29, 0.717) is 18.0 Å². The number of halogens is 1. The van der Waals surface area contributed by atoms with Gasteiger partial charge >= 0.3 is 0 Å². The number of nitrogens with one attached hydrogen (secondary N) is 2. The van der Waals surface area contributed by atoms with E-state index in [1.165, 1.54) is 30.3 Å². The fourth-order valence-corrected chi connectivity index (χ4v) is 4.22. The minimum atomic E-state index is 0. The molecule has 0 radical (unpaired) electrons. The first-order chi connectivity index (χ1) is 11.9. The molecule has 1 aromatic carbocycles. The maximum absolute atomic E-state index is 5.66. The summed E-state index contributed by atoms with van der Waals surface area (Å²) < 4.78 is 5.66. The first kappa shape index (κ1) is 18.6. The Balaban J connectivity index is 0.00000182. The highest BCUT2D eigenvalue weighted by Gasteiger charge is 2.34.